The third-order valence-corrected chi connectivity index (χ3v) is 3.33. The zero-order valence-electron chi connectivity index (χ0n) is 10.6. The van der Waals surface area contributed by atoms with E-state index in [1.54, 1.807) is 0 Å². The number of rotatable bonds is 8. The molecular weight excluding hydrogens is 184 g/mol. The van der Waals surface area contributed by atoms with Crippen LogP contribution in [0.15, 0.2) is 0 Å². The van der Waals surface area contributed by atoms with E-state index in [0.29, 0.717) is 0 Å². The van der Waals surface area contributed by atoms with Crippen molar-refractivity contribution in [3.8, 4) is 0 Å². The molecule has 1 unspecified atom stereocenters. The lowest BCUT2D eigenvalue weighted by Gasteiger charge is -2.23. The second-order valence-electron chi connectivity index (χ2n) is 4.72. The molecule has 2 nitrogen and oxygen atoms in total. The monoisotopic (exact) mass is 212 g/mol. The Morgan fingerprint density at radius 3 is 2.80 bits per heavy atom. The standard InChI is InChI=1S/C13H28N2/c1-3-9-14-10-5-7-13-8-6-12-15(13)11-4-2/h13-14H,3-12H2,1-2H3. The fourth-order valence-corrected chi connectivity index (χ4v) is 2.57. The third kappa shape index (κ3) is 4.98. The second kappa shape index (κ2) is 8.12. The molecule has 1 saturated heterocycles. The van der Waals surface area contributed by atoms with Crippen LogP contribution in [0.4, 0.5) is 0 Å². The lowest BCUT2D eigenvalue weighted by molar-refractivity contribution is 0.240. The van der Waals surface area contributed by atoms with Gasteiger partial charge in [0.2, 0.25) is 0 Å². The zero-order chi connectivity index (χ0) is 10.9. The first kappa shape index (κ1) is 13.0. The predicted octanol–water partition coefficient (Wildman–Crippen LogP) is 2.64. The molecule has 0 aromatic rings. The van der Waals surface area contributed by atoms with E-state index >= 15 is 0 Å². The van der Waals surface area contributed by atoms with E-state index in [1.807, 2.05) is 0 Å². The van der Waals surface area contributed by atoms with Crippen LogP contribution in [0.5, 0.6) is 0 Å². The first-order chi connectivity index (χ1) is 7.38. The van der Waals surface area contributed by atoms with E-state index < -0.39 is 0 Å². The number of hydrogen-bond acceptors (Lipinski definition) is 2. The van der Waals surface area contributed by atoms with Crippen LogP contribution in [0.3, 0.4) is 0 Å². The average Bonchev–Trinajstić information content (AvgIpc) is 2.66. The minimum Gasteiger partial charge on any atom is -0.317 e. The third-order valence-electron chi connectivity index (χ3n) is 3.33. The molecule has 0 amide bonds. The Balaban J connectivity index is 2.03. The van der Waals surface area contributed by atoms with Gasteiger partial charge in [-0.1, -0.05) is 13.8 Å². The normalized spacial score (nSPS) is 22.4. The Morgan fingerprint density at radius 2 is 2.07 bits per heavy atom. The van der Waals surface area contributed by atoms with Crippen molar-refractivity contribution in [2.45, 2.75) is 58.4 Å². The van der Waals surface area contributed by atoms with E-state index in [9.17, 15) is 0 Å². The van der Waals surface area contributed by atoms with Crippen LogP contribution in [0.2, 0.25) is 0 Å². The Bertz CT molecular complexity index is 147. The topological polar surface area (TPSA) is 15.3 Å². The van der Waals surface area contributed by atoms with Gasteiger partial charge < -0.3 is 10.2 Å². The van der Waals surface area contributed by atoms with E-state index in [-0.39, 0.29) is 0 Å². The summed E-state index contributed by atoms with van der Waals surface area (Å²) in [5.41, 5.74) is 0. The van der Waals surface area contributed by atoms with E-state index in [0.717, 1.165) is 6.04 Å². The summed E-state index contributed by atoms with van der Waals surface area (Å²) in [7, 11) is 0. The molecule has 90 valence electrons. The molecule has 0 saturated carbocycles. The molecule has 1 atom stereocenters. The maximum atomic E-state index is 3.49. The van der Waals surface area contributed by atoms with Gasteiger partial charge in [0.1, 0.15) is 0 Å². The molecule has 1 fully saturated rings. The first-order valence-electron chi connectivity index (χ1n) is 6.83. The molecule has 0 aliphatic carbocycles. The highest BCUT2D eigenvalue weighted by Gasteiger charge is 2.22. The largest absolute Gasteiger partial charge is 0.317 e. The molecule has 0 radical (unpaired) electrons. The summed E-state index contributed by atoms with van der Waals surface area (Å²) in [5, 5.41) is 3.49. The summed E-state index contributed by atoms with van der Waals surface area (Å²) in [6.45, 7) is 9.58. The van der Waals surface area contributed by atoms with E-state index in [1.165, 1.54) is 64.7 Å². The summed E-state index contributed by atoms with van der Waals surface area (Å²) < 4.78 is 0. The Kier molecular flexibility index (Phi) is 7.03. The van der Waals surface area contributed by atoms with Crippen molar-refractivity contribution >= 4 is 0 Å². The first-order valence-corrected chi connectivity index (χ1v) is 6.83. The van der Waals surface area contributed by atoms with E-state index in [2.05, 4.69) is 24.1 Å². The Hall–Kier alpha value is -0.0800. The summed E-state index contributed by atoms with van der Waals surface area (Å²) in [6.07, 6.45) is 8.18. The average molecular weight is 212 g/mol. The molecule has 1 aliphatic rings. The van der Waals surface area contributed by atoms with Crippen LogP contribution in [0, 0.1) is 0 Å². The van der Waals surface area contributed by atoms with Gasteiger partial charge in [0, 0.05) is 6.04 Å². The molecule has 0 bridgehead atoms. The van der Waals surface area contributed by atoms with E-state index in [4.69, 9.17) is 0 Å². The zero-order valence-corrected chi connectivity index (χ0v) is 10.6. The summed E-state index contributed by atoms with van der Waals surface area (Å²) in [5.74, 6) is 0. The molecule has 1 N–H and O–H groups in total. The molecule has 1 rings (SSSR count). The second-order valence-corrected chi connectivity index (χ2v) is 4.72. The predicted molar refractivity (Wildman–Crippen MR) is 67.3 cm³/mol. The van der Waals surface area contributed by atoms with Crippen LogP contribution in [0.1, 0.15) is 52.4 Å². The summed E-state index contributed by atoms with van der Waals surface area (Å²) in [4.78, 5) is 2.69. The van der Waals surface area contributed by atoms with Gasteiger partial charge in [-0.15, -0.1) is 0 Å². The fraction of sp³-hybridized carbons (Fsp3) is 1.00. The van der Waals surface area contributed by atoms with Crippen molar-refractivity contribution in [2.75, 3.05) is 26.2 Å². The maximum absolute atomic E-state index is 3.49. The highest BCUT2D eigenvalue weighted by molar-refractivity contribution is 4.78. The van der Waals surface area contributed by atoms with Gasteiger partial charge in [0.05, 0.1) is 0 Å². The van der Waals surface area contributed by atoms with Gasteiger partial charge >= 0.3 is 0 Å². The van der Waals surface area contributed by atoms with Crippen molar-refractivity contribution in [3.05, 3.63) is 0 Å². The van der Waals surface area contributed by atoms with Crippen molar-refractivity contribution < 1.29 is 0 Å². The fourth-order valence-electron chi connectivity index (χ4n) is 2.57. The smallest absolute Gasteiger partial charge is 0.00962 e. The van der Waals surface area contributed by atoms with Crippen LogP contribution in [0.25, 0.3) is 0 Å². The maximum Gasteiger partial charge on any atom is 0.00962 e. The lowest BCUT2D eigenvalue weighted by atomic mass is 10.1. The molecule has 1 heterocycles. The lowest BCUT2D eigenvalue weighted by Crippen LogP contribution is -2.30. The van der Waals surface area contributed by atoms with Crippen LogP contribution < -0.4 is 5.32 Å². The summed E-state index contributed by atoms with van der Waals surface area (Å²) >= 11 is 0. The van der Waals surface area contributed by atoms with Gasteiger partial charge in [-0.25, -0.2) is 0 Å². The van der Waals surface area contributed by atoms with Crippen molar-refractivity contribution in [1.82, 2.24) is 10.2 Å². The molecule has 2 heteroatoms. The quantitative estimate of drug-likeness (QED) is 0.622. The van der Waals surface area contributed by atoms with Gasteiger partial charge in [-0.3, -0.25) is 0 Å². The SMILES string of the molecule is CCCNCCCC1CCCN1CCC. The van der Waals surface area contributed by atoms with Crippen LogP contribution >= 0.6 is 0 Å². The Labute approximate surface area is 95.4 Å². The van der Waals surface area contributed by atoms with Crippen LogP contribution in [-0.4, -0.2) is 37.1 Å². The van der Waals surface area contributed by atoms with Crippen molar-refractivity contribution in [1.29, 1.82) is 0 Å². The number of hydrogen-bond donors (Lipinski definition) is 1. The number of nitrogens with zero attached hydrogens (tertiary/aromatic N) is 1. The summed E-state index contributed by atoms with van der Waals surface area (Å²) in [6, 6.07) is 0.897. The minimum atomic E-state index is 0.897. The number of nitrogens with one attached hydrogen (secondary N) is 1. The Morgan fingerprint density at radius 1 is 1.20 bits per heavy atom. The number of likely N-dealkylation sites (tertiary alicyclic amines) is 1. The van der Waals surface area contributed by atoms with Gasteiger partial charge in [-0.2, -0.15) is 0 Å². The van der Waals surface area contributed by atoms with Crippen molar-refractivity contribution in [3.63, 3.8) is 0 Å². The molecule has 0 spiro atoms. The van der Waals surface area contributed by atoms with Crippen LogP contribution in [-0.2, 0) is 0 Å². The van der Waals surface area contributed by atoms with Crippen molar-refractivity contribution in [2.24, 2.45) is 0 Å². The molecular formula is C13H28N2. The van der Waals surface area contributed by atoms with Gasteiger partial charge in [-0.05, 0) is 64.7 Å². The van der Waals surface area contributed by atoms with Gasteiger partial charge in [0.25, 0.3) is 0 Å². The molecule has 0 aromatic carbocycles. The molecule has 15 heavy (non-hydrogen) atoms. The molecule has 0 aromatic heterocycles. The molecule has 1 aliphatic heterocycles. The van der Waals surface area contributed by atoms with Gasteiger partial charge in [0.15, 0.2) is 0 Å². The minimum absolute atomic E-state index is 0.897. The highest BCUT2D eigenvalue weighted by atomic mass is 15.2. The highest BCUT2D eigenvalue weighted by Crippen LogP contribution is 2.20.